The molecule has 0 aromatic carbocycles. The number of hydrogen-bond donors (Lipinski definition) is 2. The van der Waals surface area contributed by atoms with Crippen LogP contribution in [0.2, 0.25) is 0 Å². The highest BCUT2D eigenvalue weighted by atomic mass is 16.4. The molecule has 6 nitrogen and oxygen atoms in total. The molecular formula is C13H16N4O2. The minimum absolute atomic E-state index is 0.168. The molecule has 0 radical (unpaired) electrons. The number of aryl methyl sites for hydroxylation is 1. The van der Waals surface area contributed by atoms with Crippen molar-refractivity contribution in [3.05, 3.63) is 18.6 Å². The van der Waals surface area contributed by atoms with E-state index in [0.717, 1.165) is 29.7 Å². The van der Waals surface area contributed by atoms with Crippen LogP contribution >= 0.6 is 0 Å². The molecule has 2 aromatic rings. The van der Waals surface area contributed by atoms with Gasteiger partial charge in [0.1, 0.15) is 5.52 Å². The van der Waals surface area contributed by atoms with Gasteiger partial charge in [-0.1, -0.05) is 0 Å². The summed E-state index contributed by atoms with van der Waals surface area (Å²) in [6, 6.07) is 2.09. The first-order valence-electron chi connectivity index (χ1n) is 6.40. The highest BCUT2D eigenvalue weighted by Crippen LogP contribution is 2.29. The van der Waals surface area contributed by atoms with E-state index in [1.54, 1.807) is 12.5 Å². The second-order valence-electron chi connectivity index (χ2n) is 5.07. The van der Waals surface area contributed by atoms with E-state index in [-0.39, 0.29) is 12.0 Å². The highest BCUT2D eigenvalue weighted by Gasteiger charge is 2.30. The van der Waals surface area contributed by atoms with E-state index in [4.69, 9.17) is 5.11 Å². The lowest BCUT2D eigenvalue weighted by molar-refractivity contribution is -0.141. The number of nitrogens with zero attached hydrogens (tertiary/aromatic N) is 3. The third-order valence-corrected chi connectivity index (χ3v) is 3.77. The first-order chi connectivity index (χ1) is 9.15. The summed E-state index contributed by atoms with van der Waals surface area (Å²) in [5.41, 5.74) is 1.86. The average Bonchev–Trinajstić information content (AvgIpc) is 2.98. The van der Waals surface area contributed by atoms with Crippen LogP contribution in [0.15, 0.2) is 18.6 Å². The Balaban J connectivity index is 1.81. The van der Waals surface area contributed by atoms with E-state index in [2.05, 4.69) is 15.3 Å². The summed E-state index contributed by atoms with van der Waals surface area (Å²) in [4.78, 5) is 19.6. The average molecular weight is 260 g/mol. The lowest BCUT2D eigenvalue weighted by Gasteiger charge is -2.13. The molecule has 1 aliphatic rings. The zero-order valence-electron chi connectivity index (χ0n) is 10.7. The summed E-state index contributed by atoms with van der Waals surface area (Å²) < 4.78 is 1.94. The van der Waals surface area contributed by atoms with E-state index in [1.165, 1.54) is 0 Å². The van der Waals surface area contributed by atoms with Crippen LogP contribution in [0, 0.1) is 5.92 Å². The molecule has 2 atom stereocenters. The third kappa shape index (κ3) is 2.14. The molecule has 0 spiro atoms. The normalized spacial score (nSPS) is 22.8. The molecule has 0 aliphatic heterocycles. The SMILES string of the molecule is Cn1cnc2c(N[C@H]3CC[C@@H](C(=O)O)C3)nccc21. The van der Waals surface area contributed by atoms with Gasteiger partial charge in [-0.2, -0.15) is 0 Å². The van der Waals surface area contributed by atoms with Crippen molar-refractivity contribution >= 4 is 22.8 Å². The minimum Gasteiger partial charge on any atom is -0.481 e. The molecular weight excluding hydrogens is 244 g/mol. The zero-order valence-corrected chi connectivity index (χ0v) is 10.7. The number of fused-ring (bicyclic) bond motifs is 1. The lowest BCUT2D eigenvalue weighted by Crippen LogP contribution is -2.18. The predicted octanol–water partition coefficient (Wildman–Crippen LogP) is 1.63. The maximum atomic E-state index is 11.0. The van der Waals surface area contributed by atoms with Gasteiger partial charge in [0.15, 0.2) is 5.82 Å². The fourth-order valence-electron chi connectivity index (χ4n) is 2.70. The Hall–Kier alpha value is -2.11. The summed E-state index contributed by atoms with van der Waals surface area (Å²) in [6.45, 7) is 0. The largest absolute Gasteiger partial charge is 0.481 e. The maximum absolute atomic E-state index is 11.0. The predicted molar refractivity (Wildman–Crippen MR) is 70.9 cm³/mol. The lowest BCUT2D eigenvalue weighted by atomic mass is 10.1. The molecule has 1 saturated carbocycles. The van der Waals surface area contributed by atoms with Crippen molar-refractivity contribution in [2.75, 3.05) is 5.32 Å². The van der Waals surface area contributed by atoms with E-state index in [9.17, 15) is 4.79 Å². The summed E-state index contributed by atoms with van der Waals surface area (Å²) in [6.07, 6.45) is 5.75. The standard InChI is InChI=1S/C13H16N4O2/c1-17-7-15-11-10(17)4-5-14-12(11)16-9-3-2-8(6-9)13(18)19/h4-5,7-9H,2-3,6H2,1H3,(H,14,16)(H,18,19)/t8-,9+/m1/s1. The van der Waals surface area contributed by atoms with E-state index in [0.29, 0.717) is 6.42 Å². The number of hydrogen-bond acceptors (Lipinski definition) is 4. The van der Waals surface area contributed by atoms with Gasteiger partial charge in [-0.3, -0.25) is 4.79 Å². The van der Waals surface area contributed by atoms with Crippen molar-refractivity contribution in [2.24, 2.45) is 13.0 Å². The molecule has 0 bridgehead atoms. The van der Waals surface area contributed by atoms with Gasteiger partial charge in [0.25, 0.3) is 0 Å². The van der Waals surface area contributed by atoms with Crippen LogP contribution in [-0.2, 0) is 11.8 Å². The van der Waals surface area contributed by atoms with E-state index in [1.807, 2.05) is 17.7 Å². The number of pyridine rings is 1. The van der Waals surface area contributed by atoms with Gasteiger partial charge >= 0.3 is 5.97 Å². The number of imidazole rings is 1. The Morgan fingerprint density at radius 1 is 1.47 bits per heavy atom. The van der Waals surface area contributed by atoms with Gasteiger partial charge in [-0.15, -0.1) is 0 Å². The van der Waals surface area contributed by atoms with Crippen molar-refractivity contribution in [3.8, 4) is 0 Å². The number of aliphatic carboxylic acids is 1. The Kier molecular flexibility index (Phi) is 2.85. The van der Waals surface area contributed by atoms with Gasteiger partial charge in [0, 0.05) is 19.3 Å². The molecule has 1 fully saturated rings. The van der Waals surface area contributed by atoms with Crippen molar-refractivity contribution in [1.82, 2.24) is 14.5 Å². The molecule has 19 heavy (non-hydrogen) atoms. The molecule has 1 aliphatic carbocycles. The molecule has 0 unspecified atom stereocenters. The number of nitrogens with one attached hydrogen (secondary N) is 1. The van der Waals surface area contributed by atoms with Crippen LogP contribution in [-0.4, -0.2) is 31.7 Å². The summed E-state index contributed by atoms with van der Waals surface area (Å²) >= 11 is 0. The van der Waals surface area contributed by atoms with Gasteiger partial charge in [-0.05, 0) is 25.3 Å². The Morgan fingerprint density at radius 2 is 2.32 bits per heavy atom. The van der Waals surface area contributed by atoms with Gasteiger partial charge in [0.05, 0.1) is 17.8 Å². The van der Waals surface area contributed by atoms with E-state index >= 15 is 0 Å². The van der Waals surface area contributed by atoms with Crippen LogP contribution in [0.3, 0.4) is 0 Å². The summed E-state index contributed by atoms with van der Waals surface area (Å²) in [5, 5.41) is 12.3. The van der Waals surface area contributed by atoms with Crippen molar-refractivity contribution < 1.29 is 9.90 Å². The monoisotopic (exact) mass is 260 g/mol. The number of carbonyl (C=O) groups is 1. The van der Waals surface area contributed by atoms with Crippen molar-refractivity contribution in [2.45, 2.75) is 25.3 Å². The maximum Gasteiger partial charge on any atom is 0.306 e. The van der Waals surface area contributed by atoms with Crippen LogP contribution < -0.4 is 5.32 Å². The number of carboxylic acid groups (broad SMARTS) is 1. The smallest absolute Gasteiger partial charge is 0.306 e. The topological polar surface area (TPSA) is 80.0 Å². The molecule has 0 saturated heterocycles. The summed E-state index contributed by atoms with van der Waals surface area (Å²) in [5.74, 6) is -0.192. The quantitative estimate of drug-likeness (QED) is 0.876. The first-order valence-corrected chi connectivity index (χ1v) is 6.40. The first kappa shape index (κ1) is 12.0. The minimum atomic E-state index is -0.701. The van der Waals surface area contributed by atoms with Crippen LogP contribution in [0.25, 0.3) is 11.0 Å². The van der Waals surface area contributed by atoms with Gasteiger partial charge < -0.3 is 15.0 Å². The Morgan fingerprint density at radius 3 is 3.05 bits per heavy atom. The molecule has 2 N–H and O–H groups in total. The second-order valence-corrected chi connectivity index (χ2v) is 5.07. The Bertz CT molecular complexity index is 622. The van der Waals surface area contributed by atoms with Crippen LogP contribution in [0.5, 0.6) is 0 Å². The third-order valence-electron chi connectivity index (χ3n) is 3.77. The molecule has 6 heteroatoms. The molecule has 0 amide bonds. The molecule has 100 valence electrons. The van der Waals surface area contributed by atoms with E-state index < -0.39 is 5.97 Å². The molecule has 2 aromatic heterocycles. The number of carboxylic acids is 1. The number of aromatic nitrogens is 3. The fourth-order valence-corrected chi connectivity index (χ4v) is 2.70. The zero-order chi connectivity index (χ0) is 13.4. The second kappa shape index (κ2) is 4.53. The van der Waals surface area contributed by atoms with Crippen LogP contribution in [0.4, 0.5) is 5.82 Å². The number of rotatable bonds is 3. The van der Waals surface area contributed by atoms with Gasteiger partial charge in [0.2, 0.25) is 0 Å². The van der Waals surface area contributed by atoms with Crippen LogP contribution in [0.1, 0.15) is 19.3 Å². The summed E-state index contributed by atoms with van der Waals surface area (Å²) in [7, 11) is 1.94. The van der Waals surface area contributed by atoms with Crippen molar-refractivity contribution in [1.29, 1.82) is 0 Å². The van der Waals surface area contributed by atoms with Crippen molar-refractivity contribution in [3.63, 3.8) is 0 Å². The number of anilines is 1. The molecule has 2 heterocycles. The molecule has 3 rings (SSSR count). The fraction of sp³-hybridized carbons (Fsp3) is 0.462. The highest BCUT2D eigenvalue weighted by molar-refractivity contribution is 5.85. The van der Waals surface area contributed by atoms with Gasteiger partial charge in [-0.25, -0.2) is 9.97 Å². The Labute approximate surface area is 110 Å².